The van der Waals surface area contributed by atoms with E-state index in [1.54, 1.807) is 21.3 Å². The topological polar surface area (TPSA) is 44.8 Å². The van der Waals surface area contributed by atoms with Crippen LogP contribution in [0, 0.1) is 17.3 Å². The molecule has 4 nitrogen and oxygen atoms in total. The van der Waals surface area contributed by atoms with Gasteiger partial charge in [-0.1, -0.05) is 19.1 Å². The van der Waals surface area contributed by atoms with Gasteiger partial charge in [-0.15, -0.1) is 0 Å². The van der Waals surface area contributed by atoms with Crippen LogP contribution < -0.4 is 14.2 Å². The Morgan fingerprint density at radius 3 is 2.53 bits per heavy atom. The molecule has 0 aliphatic heterocycles. The van der Waals surface area contributed by atoms with E-state index < -0.39 is 0 Å². The number of methoxy groups -OCH3 is 3. The number of ether oxygens (including phenoxy) is 3. The summed E-state index contributed by atoms with van der Waals surface area (Å²) >= 11 is 0. The second-order valence-corrected chi connectivity index (χ2v) is 9.75. The normalized spacial score (nSPS) is 29.8. The van der Waals surface area contributed by atoms with E-state index in [4.69, 9.17) is 14.2 Å². The van der Waals surface area contributed by atoms with Crippen molar-refractivity contribution in [2.45, 2.75) is 44.9 Å². The second kappa shape index (κ2) is 7.99. The van der Waals surface area contributed by atoms with Gasteiger partial charge in [-0.05, 0) is 102 Å². The third-order valence-electron chi connectivity index (χ3n) is 8.32. The quantitative estimate of drug-likeness (QED) is 0.570. The molecule has 0 unspecified atom stereocenters. The van der Waals surface area contributed by atoms with E-state index in [0.29, 0.717) is 35.0 Å². The number of carbonyl (C=O) groups is 1. The first-order chi connectivity index (χ1) is 15.5. The van der Waals surface area contributed by atoms with Crippen molar-refractivity contribution in [2.24, 2.45) is 17.3 Å². The zero-order valence-corrected chi connectivity index (χ0v) is 19.4. The van der Waals surface area contributed by atoms with Crippen LogP contribution in [0.15, 0.2) is 42.0 Å². The monoisotopic (exact) mass is 432 g/mol. The van der Waals surface area contributed by atoms with Crippen molar-refractivity contribution < 1.29 is 19.0 Å². The number of allylic oxidation sites excluding steroid dienone is 1. The van der Waals surface area contributed by atoms with Crippen molar-refractivity contribution in [1.82, 2.24) is 0 Å². The minimum atomic E-state index is -0.243. The molecule has 0 heterocycles. The smallest absolute Gasteiger partial charge is 0.165 e. The highest BCUT2D eigenvalue weighted by Gasteiger charge is 2.56. The molecule has 0 N–H and O–H groups in total. The van der Waals surface area contributed by atoms with Crippen molar-refractivity contribution in [2.75, 3.05) is 21.3 Å². The van der Waals surface area contributed by atoms with Crippen molar-refractivity contribution in [3.05, 3.63) is 58.7 Å². The van der Waals surface area contributed by atoms with E-state index in [1.807, 2.05) is 18.2 Å². The molecule has 5 rings (SSSR count). The molecule has 2 aromatic carbocycles. The average molecular weight is 433 g/mol. The van der Waals surface area contributed by atoms with Gasteiger partial charge in [0.15, 0.2) is 17.3 Å². The first-order valence-corrected chi connectivity index (χ1v) is 11.6. The summed E-state index contributed by atoms with van der Waals surface area (Å²) < 4.78 is 16.3. The number of hydrogen-bond donors (Lipinski definition) is 0. The largest absolute Gasteiger partial charge is 0.497 e. The van der Waals surface area contributed by atoms with Gasteiger partial charge >= 0.3 is 0 Å². The highest BCUT2D eigenvalue weighted by atomic mass is 16.5. The maximum atomic E-state index is 13.6. The fourth-order valence-electron chi connectivity index (χ4n) is 6.63. The predicted octanol–water partition coefficient (Wildman–Crippen LogP) is 5.83. The lowest BCUT2D eigenvalue weighted by atomic mass is 9.55. The number of rotatable bonds is 4. The van der Waals surface area contributed by atoms with Gasteiger partial charge in [0.05, 0.1) is 21.3 Å². The van der Waals surface area contributed by atoms with Gasteiger partial charge in [-0.25, -0.2) is 0 Å². The molecule has 0 radical (unpaired) electrons. The van der Waals surface area contributed by atoms with Gasteiger partial charge < -0.3 is 14.2 Å². The van der Waals surface area contributed by atoms with Crippen LogP contribution in [0.3, 0.4) is 0 Å². The Labute approximate surface area is 190 Å². The summed E-state index contributed by atoms with van der Waals surface area (Å²) in [7, 11) is 5.01. The molecule has 0 saturated heterocycles. The number of benzene rings is 2. The molecule has 4 heteroatoms. The lowest BCUT2D eigenvalue weighted by Gasteiger charge is -2.48. The van der Waals surface area contributed by atoms with E-state index in [9.17, 15) is 4.79 Å². The highest BCUT2D eigenvalue weighted by molar-refractivity contribution is 6.06. The Morgan fingerprint density at radius 2 is 1.78 bits per heavy atom. The van der Waals surface area contributed by atoms with Crippen LogP contribution in [0.2, 0.25) is 0 Å². The van der Waals surface area contributed by atoms with Crippen LogP contribution in [-0.2, 0) is 11.2 Å². The van der Waals surface area contributed by atoms with E-state index in [2.05, 4.69) is 31.2 Å². The number of fused-ring (bicyclic) bond motifs is 5. The Kier molecular flexibility index (Phi) is 5.27. The maximum Gasteiger partial charge on any atom is 0.165 e. The van der Waals surface area contributed by atoms with Gasteiger partial charge in [-0.3, -0.25) is 4.79 Å². The minimum absolute atomic E-state index is 0.243. The lowest BCUT2D eigenvalue weighted by Crippen LogP contribution is -2.42. The molecule has 2 aromatic rings. The molecule has 0 amide bonds. The number of aryl methyl sites for hydroxylation is 1. The standard InChI is InChI=1S/C28H32O4/c1-28-12-11-22-21-9-7-20(30-2)15-18(21)6-8-23(22)24(28)16-19(27(28)29)13-17-5-10-25(31-3)26(14-17)32-4/h5,7,9-10,13-15,22-24H,6,8,11-12,16H2,1-4H3/b19-13+/t22-,23-,24-,28+/m1/s1. The summed E-state index contributed by atoms with van der Waals surface area (Å²) in [6.45, 7) is 2.22. The summed E-state index contributed by atoms with van der Waals surface area (Å²) in [5.41, 5.74) is 4.62. The van der Waals surface area contributed by atoms with E-state index >= 15 is 0 Å². The van der Waals surface area contributed by atoms with Gasteiger partial charge in [0.1, 0.15) is 5.75 Å². The Hall–Kier alpha value is -2.75. The fourth-order valence-corrected chi connectivity index (χ4v) is 6.63. The summed E-state index contributed by atoms with van der Waals surface area (Å²) in [5, 5.41) is 0. The molecule has 4 atom stereocenters. The SMILES string of the molecule is COc1ccc2c(c1)CC[C@@H]1[C@@H]2CC[C@]2(C)C(=O)/C(=C/c3ccc(OC)c(OC)c3)C[C@H]12. The zero-order valence-electron chi connectivity index (χ0n) is 19.4. The molecule has 32 heavy (non-hydrogen) atoms. The predicted molar refractivity (Wildman–Crippen MR) is 126 cm³/mol. The van der Waals surface area contributed by atoms with Crippen LogP contribution in [0.4, 0.5) is 0 Å². The van der Waals surface area contributed by atoms with Crippen LogP contribution in [0.5, 0.6) is 17.2 Å². The number of ketones is 1. The first kappa shape index (κ1) is 21.1. The molecule has 0 spiro atoms. The maximum absolute atomic E-state index is 13.6. The first-order valence-electron chi connectivity index (χ1n) is 11.6. The van der Waals surface area contributed by atoms with Crippen molar-refractivity contribution >= 4 is 11.9 Å². The Balaban J connectivity index is 1.45. The second-order valence-electron chi connectivity index (χ2n) is 9.75. The molecule has 3 aliphatic carbocycles. The van der Waals surface area contributed by atoms with Gasteiger partial charge in [-0.2, -0.15) is 0 Å². The lowest BCUT2D eigenvalue weighted by molar-refractivity contribution is -0.127. The van der Waals surface area contributed by atoms with Gasteiger partial charge in [0.2, 0.25) is 0 Å². The average Bonchev–Trinajstić information content (AvgIpc) is 3.08. The van der Waals surface area contributed by atoms with Crippen LogP contribution >= 0.6 is 0 Å². The fraction of sp³-hybridized carbons (Fsp3) is 0.464. The van der Waals surface area contributed by atoms with Crippen LogP contribution in [0.25, 0.3) is 6.08 Å². The highest BCUT2D eigenvalue weighted by Crippen LogP contribution is 2.61. The summed E-state index contributed by atoms with van der Waals surface area (Å²) in [6, 6.07) is 12.4. The third-order valence-corrected chi connectivity index (χ3v) is 8.32. The van der Waals surface area contributed by atoms with Crippen LogP contribution in [-0.4, -0.2) is 27.1 Å². The van der Waals surface area contributed by atoms with E-state index in [-0.39, 0.29) is 5.41 Å². The Bertz CT molecular complexity index is 1080. The number of carbonyl (C=O) groups excluding carboxylic acids is 1. The summed E-state index contributed by atoms with van der Waals surface area (Å²) in [5.74, 6) is 4.21. The summed E-state index contributed by atoms with van der Waals surface area (Å²) in [6.07, 6.45) is 7.23. The molecular weight excluding hydrogens is 400 g/mol. The van der Waals surface area contributed by atoms with Crippen molar-refractivity contribution in [3.63, 3.8) is 0 Å². The molecule has 2 saturated carbocycles. The molecule has 0 bridgehead atoms. The number of hydrogen-bond acceptors (Lipinski definition) is 4. The zero-order chi connectivity index (χ0) is 22.5. The minimum Gasteiger partial charge on any atom is -0.497 e. The molecular formula is C28H32O4. The van der Waals surface area contributed by atoms with Crippen LogP contribution in [0.1, 0.15) is 55.2 Å². The van der Waals surface area contributed by atoms with E-state index in [0.717, 1.165) is 49.0 Å². The summed E-state index contributed by atoms with van der Waals surface area (Å²) in [4.78, 5) is 13.6. The van der Waals surface area contributed by atoms with Crippen molar-refractivity contribution in [1.29, 1.82) is 0 Å². The molecule has 3 aliphatic rings. The number of Topliss-reactive ketones (excluding diaryl/α,β-unsaturated/α-hetero) is 1. The molecule has 168 valence electrons. The van der Waals surface area contributed by atoms with Crippen molar-refractivity contribution in [3.8, 4) is 17.2 Å². The molecule has 0 aromatic heterocycles. The Morgan fingerprint density at radius 1 is 0.969 bits per heavy atom. The van der Waals surface area contributed by atoms with Gasteiger partial charge in [0, 0.05) is 5.41 Å². The molecule has 2 fully saturated rings. The van der Waals surface area contributed by atoms with Gasteiger partial charge in [0.25, 0.3) is 0 Å². The van der Waals surface area contributed by atoms with E-state index in [1.165, 1.54) is 11.1 Å². The third kappa shape index (κ3) is 3.23.